The normalized spacial score (nSPS) is 13.6. The molecule has 0 unspecified atom stereocenters. The van der Waals surface area contributed by atoms with E-state index in [0.29, 0.717) is 19.3 Å². The van der Waals surface area contributed by atoms with Gasteiger partial charge in [0.2, 0.25) is 0 Å². The van der Waals surface area contributed by atoms with Crippen LogP contribution in [0.15, 0.2) is 35.2 Å². The predicted octanol–water partition coefficient (Wildman–Crippen LogP) is 3.33. The largest absolute Gasteiger partial charge is 0.465 e. The van der Waals surface area contributed by atoms with Crippen LogP contribution in [-0.4, -0.2) is 24.6 Å². The summed E-state index contributed by atoms with van der Waals surface area (Å²) in [4.78, 5) is 24.0. The van der Waals surface area contributed by atoms with Gasteiger partial charge in [-0.2, -0.15) is 0 Å². The lowest BCUT2D eigenvalue weighted by Crippen LogP contribution is -2.31. The summed E-state index contributed by atoms with van der Waals surface area (Å²) in [5, 5.41) is 0. The average Bonchev–Trinajstić information content (AvgIpc) is 2.44. The minimum Gasteiger partial charge on any atom is -0.465 e. The van der Waals surface area contributed by atoms with Crippen LogP contribution in [-0.2, 0) is 14.3 Å². The average molecular weight is 280 g/mol. The van der Waals surface area contributed by atoms with Crippen LogP contribution in [0.5, 0.6) is 0 Å². The predicted molar refractivity (Wildman–Crippen MR) is 77.2 cm³/mol. The van der Waals surface area contributed by atoms with E-state index < -0.39 is 11.4 Å². The summed E-state index contributed by atoms with van der Waals surface area (Å²) in [7, 11) is 0. The molecule has 0 heterocycles. The highest BCUT2D eigenvalue weighted by Crippen LogP contribution is 2.25. The topological polar surface area (TPSA) is 43.4 Å². The number of ether oxygens (including phenoxy) is 1. The first kappa shape index (κ1) is 15.8. The van der Waals surface area contributed by atoms with Crippen LogP contribution in [0.4, 0.5) is 0 Å². The zero-order valence-electron chi connectivity index (χ0n) is 11.4. The number of carbonyl (C=O) groups excluding carboxylic acids is 2. The van der Waals surface area contributed by atoms with Gasteiger partial charge in [0.05, 0.1) is 6.61 Å². The van der Waals surface area contributed by atoms with E-state index in [2.05, 4.69) is 12.1 Å². The molecule has 0 aliphatic heterocycles. The third kappa shape index (κ3) is 5.07. The van der Waals surface area contributed by atoms with E-state index in [1.165, 1.54) is 4.90 Å². The number of benzene rings is 1. The van der Waals surface area contributed by atoms with E-state index in [0.717, 1.165) is 12.2 Å². The minimum atomic E-state index is -1.01. The molecule has 0 aliphatic rings. The van der Waals surface area contributed by atoms with E-state index in [4.69, 9.17) is 4.74 Å². The molecule has 0 amide bonds. The first-order valence-electron chi connectivity index (χ1n) is 6.44. The SMILES string of the molecule is CCOC(=O)[C@@](C)(C=O)CCCSc1ccccc1. The molecule has 0 radical (unpaired) electrons. The van der Waals surface area contributed by atoms with Gasteiger partial charge >= 0.3 is 5.97 Å². The van der Waals surface area contributed by atoms with Gasteiger partial charge in [0.15, 0.2) is 0 Å². The van der Waals surface area contributed by atoms with Gasteiger partial charge in [-0.3, -0.25) is 4.79 Å². The van der Waals surface area contributed by atoms with Gasteiger partial charge in [-0.25, -0.2) is 0 Å². The second-order valence-corrected chi connectivity index (χ2v) is 5.69. The molecule has 1 aromatic carbocycles. The standard InChI is InChI=1S/C15H20O3S/c1-3-18-14(17)15(2,12-16)10-7-11-19-13-8-5-4-6-9-13/h4-6,8-9,12H,3,7,10-11H2,1-2H3/t15-/m1/s1. The zero-order chi connectivity index (χ0) is 14.1. The van der Waals surface area contributed by atoms with Crippen molar-refractivity contribution in [1.82, 2.24) is 0 Å². The van der Waals surface area contributed by atoms with Crippen molar-refractivity contribution in [2.24, 2.45) is 5.41 Å². The monoisotopic (exact) mass is 280 g/mol. The summed E-state index contributed by atoms with van der Waals surface area (Å²) in [5.74, 6) is 0.460. The molecule has 1 aromatic rings. The van der Waals surface area contributed by atoms with Crippen molar-refractivity contribution in [3.63, 3.8) is 0 Å². The highest BCUT2D eigenvalue weighted by atomic mass is 32.2. The Hall–Kier alpha value is -1.29. The van der Waals surface area contributed by atoms with E-state index in [1.54, 1.807) is 25.6 Å². The molecule has 4 heteroatoms. The molecule has 0 saturated carbocycles. The summed E-state index contributed by atoms with van der Waals surface area (Å²) in [6, 6.07) is 10.1. The summed E-state index contributed by atoms with van der Waals surface area (Å²) in [6.45, 7) is 3.70. The van der Waals surface area contributed by atoms with E-state index in [-0.39, 0.29) is 0 Å². The first-order valence-corrected chi connectivity index (χ1v) is 7.42. The quantitative estimate of drug-likeness (QED) is 0.241. The van der Waals surface area contributed by atoms with E-state index in [9.17, 15) is 9.59 Å². The summed E-state index contributed by atoms with van der Waals surface area (Å²) in [5.41, 5.74) is -1.01. The fourth-order valence-corrected chi connectivity index (χ4v) is 2.53. The third-order valence-electron chi connectivity index (χ3n) is 2.85. The lowest BCUT2D eigenvalue weighted by molar-refractivity contribution is -0.156. The van der Waals surface area contributed by atoms with Crippen molar-refractivity contribution in [1.29, 1.82) is 0 Å². The number of hydrogen-bond acceptors (Lipinski definition) is 4. The summed E-state index contributed by atoms with van der Waals surface area (Å²) in [6.07, 6.45) is 2.03. The van der Waals surface area contributed by atoms with Crippen molar-refractivity contribution in [3.05, 3.63) is 30.3 Å². The van der Waals surface area contributed by atoms with Crippen LogP contribution in [0.3, 0.4) is 0 Å². The Morgan fingerprint density at radius 3 is 2.63 bits per heavy atom. The second kappa shape index (κ2) is 8.00. The second-order valence-electron chi connectivity index (χ2n) is 4.52. The Bertz CT molecular complexity index is 405. The van der Waals surface area contributed by atoms with Crippen LogP contribution in [0, 0.1) is 5.41 Å². The van der Waals surface area contributed by atoms with Gasteiger partial charge in [-0.05, 0) is 44.6 Å². The molecule has 19 heavy (non-hydrogen) atoms. The highest BCUT2D eigenvalue weighted by Gasteiger charge is 2.33. The van der Waals surface area contributed by atoms with Crippen LogP contribution < -0.4 is 0 Å². The fraction of sp³-hybridized carbons (Fsp3) is 0.467. The lowest BCUT2D eigenvalue weighted by Gasteiger charge is -2.20. The molecule has 0 saturated heterocycles. The van der Waals surface area contributed by atoms with E-state index >= 15 is 0 Å². The van der Waals surface area contributed by atoms with Gasteiger partial charge in [0.1, 0.15) is 11.7 Å². The van der Waals surface area contributed by atoms with Crippen LogP contribution in [0.25, 0.3) is 0 Å². The molecule has 0 aliphatic carbocycles. The van der Waals surface area contributed by atoms with Crippen LogP contribution in [0.2, 0.25) is 0 Å². The smallest absolute Gasteiger partial charge is 0.319 e. The fourth-order valence-electron chi connectivity index (χ4n) is 1.65. The van der Waals surface area contributed by atoms with Gasteiger partial charge in [-0.1, -0.05) is 18.2 Å². The number of hydrogen-bond donors (Lipinski definition) is 0. The number of thioether (sulfide) groups is 1. The molecular weight excluding hydrogens is 260 g/mol. The van der Waals surface area contributed by atoms with Crippen molar-refractivity contribution in [3.8, 4) is 0 Å². The Labute approximate surface area is 118 Å². The number of esters is 1. The van der Waals surface area contributed by atoms with Crippen molar-refractivity contribution < 1.29 is 14.3 Å². The molecule has 0 N–H and O–H groups in total. The van der Waals surface area contributed by atoms with Crippen molar-refractivity contribution in [2.75, 3.05) is 12.4 Å². The first-order chi connectivity index (χ1) is 9.12. The van der Waals surface area contributed by atoms with Crippen molar-refractivity contribution >= 4 is 24.0 Å². The van der Waals surface area contributed by atoms with Gasteiger partial charge < -0.3 is 9.53 Å². The number of rotatable bonds is 8. The van der Waals surface area contributed by atoms with Gasteiger partial charge in [0, 0.05) is 4.90 Å². The zero-order valence-corrected chi connectivity index (χ0v) is 12.2. The summed E-state index contributed by atoms with van der Waals surface area (Å²) >= 11 is 1.73. The Morgan fingerprint density at radius 2 is 2.05 bits per heavy atom. The highest BCUT2D eigenvalue weighted by molar-refractivity contribution is 7.99. The number of carbonyl (C=O) groups is 2. The third-order valence-corrected chi connectivity index (χ3v) is 3.95. The maximum Gasteiger partial charge on any atom is 0.319 e. The summed E-state index contributed by atoms with van der Waals surface area (Å²) < 4.78 is 4.94. The molecule has 3 nitrogen and oxygen atoms in total. The molecule has 1 rings (SSSR count). The van der Waals surface area contributed by atoms with Crippen LogP contribution in [0.1, 0.15) is 26.7 Å². The molecule has 0 bridgehead atoms. The van der Waals surface area contributed by atoms with Gasteiger partial charge in [0.25, 0.3) is 0 Å². The van der Waals surface area contributed by atoms with E-state index in [1.807, 2.05) is 18.2 Å². The van der Waals surface area contributed by atoms with Gasteiger partial charge in [-0.15, -0.1) is 11.8 Å². The number of aldehydes is 1. The maximum atomic E-state index is 11.7. The molecule has 104 valence electrons. The minimum absolute atomic E-state index is 0.307. The molecule has 0 aromatic heterocycles. The lowest BCUT2D eigenvalue weighted by atomic mass is 9.87. The molecule has 0 fully saturated rings. The van der Waals surface area contributed by atoms with Crippen LogP contribution >= 0.6 is 11.8 Å². The molecule has 1 atom stereocenters. The Kier molecular flexibility index (Phi) is 6.64. The molecular formula is C15H20O3S. The Balaban J connectivity index is 2.37. The maximum absolute atomic E-state index is 11.7. The Morgan fingerprint density at radius 1 is 1.37 bits per heavy atom. The molecule has 0 spiro atoms. The van der Waals surface area contributed by atoms with Crippen molar-refractivity contribution in [2.45, 2.75) is 31.6 Å².